The van der Waals surface area contributed by atoms with E-state index in [0.29, 0.717) is 5.82 Å². The van der Waals surface area contributed by atoms with Gasteiger partial charge in [-0.15, -0.1) is 10.2 Å². The molecule has 0 bridgehead atoms. The van der Waals surface area contributed by atoms with Crippen LogP contribution in [0.5, 0.6) is 0 Å². The van der Waals surface area contributed by atoms with Crippen LogP contribution in [0.25, 0.3) is 5.69 Å². The molecule has 0 radical (unpaired) electrons. The minimum atomic E-state index is -0.355. The van der Waals surface area contributed by atoms with Gasteiger partial charge >= 0.3 is 6.03 Å². The van der Waals surface area contributed by atoms with Crippen molar-refractivity contribution < 1.29 is 4.79 Å². The van der Waals surface area contributed by atoms with Crippen LogP contribution >= 0.6 is 11.8 Å². The first-order valence-corrected chi connectivity index (χ1v) is 12.8. The monoisotopic (exact) mass is 485 g/mol. The zero-order valence-electron chi connectivity index (χ0n) is 20.6. The van der Waals surface area contributed by atoms with Gasteiger partial charge in [-0.3, -0.25) is 4.57 Å². The van der Waals surface area contributed by atoms with E-state index in [1.807, 2.05) is 41.8 Å². The zero-order chi connectivity index (χ0) is 24.8. The number of urea groups is 1. The van der Waals surface area contributed by atoms with E-state index in [4.69, 9.17) is 0 Å². The van der Waals surface area contributed by atoms with E-state index < -0.39 is 0 Å². The maximum absolute atomic E-state index is 12.7. The Kier molecular flexibility index (Phi) is 7.87. The van der Waals surface area contributed by atoms with Crippen molar-refractivity contribution in [1.82, 2.24) is 20.1 Å². The summed E-state index contributed by atoms with van der Waals surface area (Å²) in [6.45, 7) is 8.21. The Morgan fingerprint density at radius 2 is 1.69 bits per heavy atom. The van der Waals surface area contributed by atoms with Gasteiger partial charge in [0.05, 0.1) is 6.04 Å². The summed E-state index contributed by atoms with van der Waals surface area (Å²) in [7, 11) is 0. The number of carbonyl (C=O) groups excluding carboxylic acids is 1. The van der Waals surface area contributed by atoms with E-state index in [9.17, 15) is 4.79 Å². The van der Waals surface area contributed by atoms with Crippen LogP contribution in [0.15, 0.2) is 78.0 Å². The molecule has 180 valence electrons. The van der Waals surface area contributed by atoms with Crippen LogP contribution in [-0.4, -0.2) is 20.8 Å². The fourth-order valence-corrected chi connectivity index (χ4v) is 4.79. The fourth-order valence-electron chi connectivity index (χ4n) is 3.76. The molecule has 1 heterocycles. The summed E-state index contributed by atoms with van der Waals surface area (Å²) in [5.41, 5.74) is 6.63. The van der Waals surface area contributed by atoms with E-state index in [-0.39, 0.29) is 12.1 Å². The molecule has 0 aliphatic carbocycles. The van der Waals surface area contributed by atoms with E-state index >= 15 is 0 Å². The summed E-state index contributed by atoms with van der Waals surface area (Å²) in [6, 6.07) is 23.8. The molecule has 0 fully saturated rings. The second-order valence-corrected chi connectivity index (χ2v) is 9.54. The predicted octanol–water partition coefficient (Wildman–Crippen LogP) is 6.62. The average molecular weight is 486 g/mol. The van der Waals surface area contributed by atoms with Crippen LogP contribution < -0.4 is 10.6 Å². The Morgan fingerprint density at radius 3 is 2.37 bits per heavy atom. The molecular formula is C28H31N5OS. The summed E-state index contributed by atoms with van der Waals surface area (Å²) in [5.74, 6) is 1.46. The van der Waals surface area contributed by atoms with Crippen molar-refractivity contribution in [2.45, 2.75) is 51.1 Å². The topological polar surface area (TPSA) is 71.8 Å². The third kappa shape index (κ3) is 6.11. The van der Waals surface area contributed by atoms with Crippen LogP contribution in [0.3, 0.4) is 0 Å². The number of benzene rings is 3. The number of nitrogens with one attached hydrogen (secondary N) is 2. The third-order valence-electron chi connectivity index (χ3n) is 5.92. The number of aryl methyl sites for hydroxylation is 3. The summed E-state index contributed by atoms with van der Waals surface area (Å²) >= 11 is 1.64. The minimum Gasteiger partial charge on any atom is -0.328 e. The van der Waals surface area contributed by atoms with E-state index in [1.165, 1.54) is 22.3 Å². The van der Waals surface area contributed by atoms with Gasteiger partial charge in [-0.1, -0.05) is 72.8 Å². The van der Waals surface area contributed by atoms with Crippen molar-refractivity contribution in [3.63, 3.8) is 0 Å². The first-order valence-electron chi connectivity index (χ1n) is 11.8. The SMILES string of the molecule is CCc1ccc(NC(=O)N[C@@H](C)c2nnc(SCc3ccccc3C)n2-c2ccc(C)cc2)cc1. The van der Waals surface area contributed by atoms with Gasteiger partial charge in [0.1, 0.15) is 0 Å². The summed E-state index contributed by atoms with van der Waals surface area (Å²) in [5, 5.41) is 15.7. The second-order valence-electron chi connectivity index (χ2n) is 8.60. The molecular weight excluding hydrogens is 454 g/mol. The maximum Gasteiger partial charge on any atom is 0.319 e. The number of hydrogen-bond acceptors (Lipinski definition) is 4. The van der Waals surface area contributed by atoms with Crippen LogP contribution in [0.2, 0.25) is 0 Å². The zero-order valence-corrected chi connectivity index (χ0v) is 21.4. The van der Waals surface area contributed by atoms with Gasteiger partial charge in [0.2, 0.25) is 0 Å². The summed E-state index contributed by atoms with van der Waals surface area (Å²) in [4.78, 5) is 12.7. The number of aromatic nitrogens is 3. The van der Waals surface area contributed by atoms with Gasteiger partial charge in [-0.25, -0.2) is 4.79 Å². The van der Waals surface area contributed by atoms with Crippen LogP contribution in [0.4, 0.5) is 10.5 Å². The highest BCUT2D eigenvalue weighted by Crippen LogP contribution is 2.28. The molecule has 1 atom stereocenters. The molecule has 0 saturated carbocycles. The van der Waals surface area contributed by atoms with Crippen LogP contribution in [0, 0.1) is 13.8 Å². The van der Waals surface area contributed by atoms with Crippen molar-refractivity contribution in [2.75, 3.05) is 5.32 Å². The number of carbonyl (C=O) groups is 1. The van der Waals surface area contributed by atoms with Crippen molar-refractivity contribution in [2.24, 2.45) is 0 Å². The van der Waals surface area contributed by atoms with E-state index in [2.05, 4.69) is 84.1 Å². The van der Waals surface area contributed by atoms with Crippen LogP contribution in [-0.2, 0) is 12.2 Å². The number of nitrogens with zero attached hydrogens (tertiary/aromatic N) is 3. The Hall–Kier alpha value is -3.58. The molecule has 0 saturated heterocycles. The number of amides is 2. The maximum atomic E-state index is 12.7. The minimum absolute atomic E-state index is 0.283. The first kappa shape index (κ1) is 24.5. The Bertz CT molecular complexity index is 1280. The molecule has 4 aromatic rings. The predicted molar refractivity (Wildman–Crippen MR) is 143 cm³/mol. The molecule has 6 nitrogen and oxygen atoms in total. The Balaban J connectivity index is 1.55. The normalized spacial score (nSPS) is 11.8. The standard InChI is InChI=1S/C28H31N5OS/c1-5-22-12-14-24(15-13-22)30-27(34)29-21(4)26-31-32-28(33(26)25-16-10-19(2)11-17-25)35-18-23-9-7-6-8-20(23)3/h6-17,21H,5,18H2,1-4H3,(H2,29,30,34)/t21-/m0/s1. The molecule has 2 N–H and O–H groups in total. The van der Waals surface area contributed by atoms with E-state index in [0.717, 1.165) is 28.7 Å². The van der Waals surface area contributed by atoms with Crippen molar-refractivity contribution in [3.8, 4) is 5.69 Å². The van der Waals surface area contributed by atoms with Crippen molar-refractivity contribution in [1.29, 1.82) is 0 Å². The lowest BCUT2D eigenvalue weighted by Gasteiger charge is -2.17. The Morgan fingerprint density at radius 1 is 0.971 bits per heavy atom. The molecule has 1 aromatic heterocycles. The molecule has 0 aliphatic rings. The van der Waals surface area contributed by atoms with Gasteiger partial charge in [-0.05, 0) is 68.1 Å². The average Bonchev–Trinajstić information content (AvgIpc) is 3.28. The smallest absolute Gasteiger partial charge is 0.319 e. The number of anilines is 1. The van der Waals surface area contributed by atoms with Crippen LogP contribution in [0.1, 0.15) is 48.0 Å². The lowest BCUT2D eigenvalue weighted by Crippen LogP contribution is -2.32. The third-order valence-corrected chi connectivity index (χ3v) is 6.90. The summed E-state index contributed by atoms with van der Waals surface area (Å²) in [6.07, 6.45) is 0.961. The molecule has 35 heavy (non-hydrogen) atoms. The number of hydrogen-bond donors (Lipinski definition) is 2. The quantitative estimate of drug-likeness (QED) is 0.275. The fraction of sp³-hybridized carbons (Fsp3) is 0.250. The molecule has 0 unspecified atom stereocenters. The molecule has 2 amide bonds. The van der Waals surface area contributed by atoms with Gasteiger partial charge in [0.15, 0.2) is 11.0 Å². The lowest BCUT2D eigenvalue weighted by molar-refractivity contribution is 0.249. The molecule has 3 aromatic carbocycles. The molecule has 7 heteroatoms. The molecule has 4 rings (SSSR count). The van der Waals surface area contributed by atoms with Crippen molar-refractivity contribution >= 4 is 23.5 Å². The highest BCUT2D eigenvalue weighted by Gasteiger charge is 2.21. The molecule has 0 aliphatic heterocycles. The molecule has 0 spiro atoms. The highest BCUT2D eigenvalue weighted by molar-refractivity contribution is 7.98. The largest absolute Gasteiger partial charge is 0.328 e. The van der Waals surface area contributed by atoms with Gasteiger partial charge in [0.25, 0.3) is 0 Å². The van der Waals surface area contributed by atoms with Gasteiger partial charge in [-0.2, -0.15) is 0 Å². The second kappa shape index (κ2) is 11.2. The summed E-state index contributed by atoms with van der Waals surface area (Å²) < 4.78 is 2.03. The van der Waals surface area contributed by atoms with E-state index in [1.54, 1.807) is 11.8 Å². The lowest BCUT2D eigenvalue weighted by atomic mass is 10.1. The Labute approximate surface area is 211 Å². The van der Waals surface area contributed by atoms with Gasteiger partial charge < -0.3 is 10.6 Å². The number of thioether (sulfide) groups is 1. The number of rotatable bonds is 8. The first-order chi connectivity index (χ1) is 16.9. The van der Waals surface area contributed by atoms with Crippen molar-refractivity contribution in [3.05, 3.63) is 101 Å². The highest BCUT2D eigenvalue weighted by atomic mass is 32.2. The van der Waals surface area contributed by atoms with Gasteiger partial charge in [0, 0.05) is 17.1 Å².